The Morgan fingerprint density at radius 3 is 2.44 bits per heavy atom. The summed E-state index contributed by atoms with van der Waals surface area (Å²) in [7, 11) is -1.48. The van der Waals surface area contributed by atoms with Crippen LogP contribution in [-0.4, -0.2) is 81.3 Å². The van der Waals surface area contributed by atoms with E-state index < -0.39 is 10.0 Å². The number of guanidine groups is 1. The van der Waals surface area contributed by atoms with Crippen molar-refractivity contribution >= 4 is 40.0 Å². The number of hydrogen-bond acceptors (Lipinski definition) is 4. The van der Waals surface area contributed by atoms with E-state index in [-0.39, 0.29) is 24.0 Å². The van der Waals surface area contributed by atoms with Crippen LogP contribution >= 0.6 is 24.0 Å². The zero-order valence-corrected chi connectivity index (χ0v) is 22.6. The Kier molecular flexibility index (Phi) is 8.85. The molecule has 0 atom stereocenters. The molecule has 32 heavy (non-hydrogen) atoms. The molecule has 2 heterocycles. The van der Waals surface area contributed by atoms with Crippen molar-refractivity contribution in [2.24, 2.45) is 10.4 Å². The molecule has 3 aliphatic rings. The average molecular weight is 576 g/mol. The number of benzene rings is 1. The summed E-state index contributed by atoms with van der Waals surface area (Å²) in [6.07, 6.45) is 6.59. The molecule has 1 N–H and O–H groups in total. The monoisotopic (exact) mass is 575 g/mol. The molecule has 0 unspecified atom stereocenters. The van der Waals surface area contributed by atoms with E-state index in [1.165, 1.54) is 32.1 Å². The minimum absolute atomic E-state index is 0. The molecule has 1 aromatic carbocycles. The molecular formula is C23H38IN5O2S. The van der Waals surface area contributed by atoms with Crippen LogP contribution in [0.5, 0.6) is 0 Å². The molecule has 1 spiro atoms. The van der Waals surface area contributed by atoms with E-state index in [0.717, 1.165) is 44.2 Å². The van der Waals surface area contributed by atoms with Gasteiger partial charge in [0.1, 0.15) is 0 Å². The Morgan fingerprint density at radius 1 is 1.06 bits per heavy atom. The minimum atomic E-state index is -3.51. The molecule has 1 saturated carbocycles. The molecule has 4 rings (SSSR count). The fraction of sp³-hybridized carbons (Fsp3) is 0.696. The summed E-state index contributed by atoms with van der Waals surface area (Å²) in [5.41, 5.74) is 1.24. The molecule has 180 valence electrons. The van der Waals surface area contributed by atoms with Gasteiger partial charge in [0, 0.05) is 45.8 Å². The predicted octanol–water partition coefficient (Wildman–Crippen LogP) is 2.97. The Labute approximate surface area is 210 Å². The van der Waals surface area contributed by atoms with E-state index in [1.807, 2.05) is 25.2 Å². The van der Waals surface area contributed by atoms with E-state index in [0.29, 0.717) is 29.9 Å². The van der Waals surface area contributed by atoms with Crippen LogP contribution in [0.25, 0.3) is 0 Å². The Bertz CT molecular complexity index is 893. The number of aliphatic imine (C=N–C) groups is 1. The summed E-state index contributed by atoms with van der Waals surface area (Å²) < 4.78 is 28.3. The van der Waals surface area contributed by atoms with Gasteiger partial charge in [-0.15, -0.1) is 24.0 Å². The first-order chi connectivity index (χ1) is 14.9. The zero-order chi connectivity index (χ0) is 21.9. The molecule has 2 aliphatic heterocycles. The third-order valence-electron chi connectivity index (χ3n) is 7.19. The first-order valence-electron chi connectivity index (χ1n) is 11.7. The summed E-state index contributed by atoms with van der Waals surface area (Å²) >= 11 is 0. The molecule has 9 heteroatoms. The van der Waals surface area contributed by atoms with Crippen molar-refractivity contribution in [3.05, 3.63) is 29.8 Å². The lowest BCUT2D eigenvalue weighted by atomic mass is 9.86. The highest BCUT2D eigenvalue weighted by Gasteiger charge is 2.41. The van der Waals surface area contributed by atoms with Crippen LogP contribution in [0, 0.1) is 5.41 Å². The fourth-order valence-corrected chi connectivity index (χ4v) is 6.93. The molecule has 1 aliphatic carbocycles. The lowest BCUT2D eigenvalue weighted by Crippen LogP contribution is -2.47. The molecule has 3 fully saturated rings. The summed E-state index contributed by atoms with van der Waals surface area (Å²) in [6, 6.07) is 7.35. The Hall–Kier alpha value is -0.910. The topological polar surface area (TPSA) is 68.2 Å². The van der Waals surface area contributed by atoms with E-state index in [4.69, 9.17) is 4.99 Å². The van der Waals surface area contributed by atoms with Crippen molar-refractivity contribution in [3.8, 4) is 0 Å². The maximum Gasteiger partial charge on any atom is 0.243 e. The summed E-state index contributed by atoms with van der Waals surface area (Å²) in [5.74, 6) is 0.915. The van der Waals surface area contributed by atoms with E-state index >= 15 is 0 Å². The normalized spacial score (nSPS) is 22.3. The van der Waals surface area contributed by atoms with Gasteiger partial charge in [0.2, 0.25) is 10.0 Å². The minimum Gasteiger partial charge on any atom is -0.357 e. The number of halogens is 1. The maximum absolute atomic E-state index is 13.3. The average Bonchev–Trinajstić information content (AvgIpc) is 3.41. The smallest absolute Gasteiger partial charge is 0.243 e. The van der Waals surface area contributed by atoms with Gasteiger partial charge in [-0.25, -0.2) is 13.4 Å². The summed E-state index contributed by atoms with van der Waals surface area (Å²) in [5, 5.41) is 3.44. The maximum atomic E-state index is 13.3. The molecule has 7 nitrogen and oxygen atoms in total. The first kappa shape index (κ1) is 25.7. The van der Waals surface area contributed by atoms with Gasteiger partial charge in [0.05, 0.1) is 11.4 Å². The van der Waals surface area contributed by atoms with Crippen LogP contribution in [0.2, 0.25) is 0 Å². The number of hydrogen-bond donors (Lipinski definition) is 1. The van der Waals surface area contributed by atoms with Gasteiger partial charge in [-0.05, 0) is 50.3 Å². The van der Waals surface area contributed by atoms with Crippen molar-refractivity contribution < 1.29 is 8.42 Å². The second-order valence-corrected chi connectivity index (χ2v) is 11.3. The second-order valence-electron chi connectivity index (χ2n) is 9.36. The van der Waals surface area contributed by atoms with Crippen molar-refractivity contribution in [3.63, 3.8) is 0 Å². The third kappa shape index (κ3) is 5.59. The number of sulfonamides is 1. The predicted molar refractivity (Wildman–Crippen MR) is 140 cm³/mol. The number of piperazine rings is 1. The number of nitrogens with zero attached hydrogens (tertiary/aromatic N) is 4. The van der Waals surface area contributed by atoms with E-state index in [1.54, 1.807) is 10.4 Å². The molecule has 0 radical (unpaired) electrons. The van der Waals surface area contributed by atoms with Gasteiger partial charge in [-0.3, -0.25) is 0 Å². The molecule has 1 aromatic rings. The van der Waals surface area contributed by atoms with Crippen LogP contribution in [0.15, 0.2) is 34.2 Å². The second kappa shape index (κ2) is 11.0. The highest BCUT2D eigenvalue weighted by atomic mass is 127. The highest BCUT2D eigenvalue weighted by Crippen LogP contribution is 2.45. The van der Waals surface area contributed by atoms with Crippen LogP contribution in [-0.2, 0) is 16.6 Å². The van der Waals surface area contributed by atoms with Gasteiger partial charge in [0.25, 0.3) is 0 Å². The molecular weight excluding hydrogens is 537 g/mol. The molecule has 0 bridgehead atoms. The van der Waals surface area contributed by atoms with Gasteiger partial charge in [0.15, 0.2) is 5.96 Å². The van der Waals surface area contributed by atoms with Gasteiger partial charge < -0.3 is 15.1 Å². The lowest BCUT2D eigenvalue weighted by molar-refractivity contribution is 0.222. The lowest BCUT2D eigenvalue weighted by Gasteiger charge is -2.32. The van der Waals surface area contributed by atoms with Crippen molar-refractivity contribution in [2.75, 3.05) is 52.9 Å². The van der Waals surface area contributed by atoms with Crippen molar-refractivity contribution in [2.45, 2.75) is 50.5 Å². The van der Waals surface area contributed by atoms with Gasteiger partial charge in [-0.2, -0.15) is 4.31 Å². The standard InChI is InChI=1S/C23H37N5O2S.HI/c1-3-24-22(27-13-12-23(19-27)10-6-7-11-23)25-18-20-8-4-5-9-21(20)31(29,30)28-16-14-26(2)15-17-28;/h4-5,8-9H,3,6-7,10-19H2,1-2H3,(H,24,25);1H. The fourth-order valence-electron chi connectivity index (χ4n) is 5.29. The number of likely N-dealkylation sites (tertiary alicyclic amines) is 1. The number of rotatable bonds is 5. The highest BCUT2D eigenvalue weighted by molar-refractivity contribution is 14.0. The zero-order valence-electron chi connectivity index (χ0n) is 19.4. The van der Waals surface area contributed by atoms with Crippen LogP contribution in [0.4, 0.5) is 0 Å². The molecule has 0 aromatic heterocycles. The summed E-state index contributed by atoms with van der Waals surface area (Å²) in [6.45, 7) is 7.97. The number of nitrogens with one attached hydrogen (secondary N) is 1. The number of likely N-dealkylation sites (N-methyl/N-ethyl adjacent to an activating group) is 1. The third-order valence-corrected chi connectivity index (χ3v) is 9.19. The Morgan fingerprint density at radius 2 is 1.75 bits per heavy atom. The van der Waals surface area contributed by atoms with Crippen LogP contribution in [0.3, 0.4) is 0 Å². The van der Waals surface area contributed by atoms with Gasteiger partial charge in [-0.1, -0.05) is 31.0 Å². The van der Waals surface area contributed by atoms with Gasteiger partial charge >= 0.3 is 0 Å². The van der Waals surface area contributed by atoms with Crippen molar-refractivity contribution in [1.29, 1.82) is 0 Å². The van der Waals surface area contributed by atoms with E-state index in [2.05, 4.69) is 22.0 Å². The van der Waals surface area contributed by atoms with Crippen molar-refractivity contribution in [1.82, 2.24) is 19.4 Å². The van der Waals surface area contributed by atoms with E-state index in [9.17, 15) is 8.42 Å². The van der Waals surface area contributed by atoms with Crippen LogP contribution in [0.1, 0.15) is 44.6 Å². The summed E-state index contributed by atoms with van der Waals surface area (Å²) in [4.78, 5) is 9.83. The molecule has 0 amide bonds. The molecule has 2 saturated heterocycles. The SMILES string of the molecule is CCNC(=NCc1ccccc1S(=O)(=O)N1CCN(C)CC1)N1CCC2(CCCC2)C1.I. The first-order valence-corrected chi connectivity index (χ1v) is 13.2. The Balaban J connectivity index is 0.00000289. The quantitative estimate of drug-likeness (QED) is 0.332. The van der Waals surface area contributed by atoms with Crippen LogP contribution < -0.4 is 5.32 Å². The largest absolute Gasteiger partial charge is 0.357 e.